The summed E-state index contributed by atoms with van der Waals surface area (Å²) in [5, 5.41) is 6.33. The van der Waals surface area contributed by atoms with Crippen LogP contribution in [-0.2, 0) is 6.54 Å². The van der Waals surface area contributed by atoms with Crippen LogP contribution in [0.3, 0.4) is 0 Å². The predicted octanol–water partition coefficient (Wildman–Crippen LogP) is 4.22. The van der Waals surface area contributed by atoms with E-state index in [4.69, 9.17) is 4.42 Å². The molecule has 0 atom stereocenters. The molecule has 0 unspecified atom stereocenters. The Bertz CT molecular complexity index is 1130. The largest absolute Gasteiger partial charge is 0.461 e. The minimum absolute atomic E-state index is 0.224. The van der Waals surface area contributed by atoms with Gasteiger partial charge in [-0.1, -0.05) is 0 Å². The van der Waals surface area contributed by atoms with Gasteiger partial charge in [-0.15, -0.1) is 23.1 Å². The zero-order valence-corrected chi connectivity index (χ0v) is 17.4. The number of hydrogen-bond donors (Lipinski definition) is 1. The van der Waals surface area contributed by atoms with Gasteiger partial charge in [-0.05, 0) is 37.4 Å². The Morgan fingerprint density at radius 3 is 2.76 bits per heavy atom. The van der Waals surface area contributed by atoms with Crippen molar-refractivity contribution in [2.75, 3.05) is 6.26 Å². The van der Waals surface area contributed by atoms with Crippen LogP contribution in [0.25, 0.3) is 22.8 Å². The molecule has 0 aliphatic rings. The number of amides is 1. The number of carbonyl (C=O) groups excluding carboxylic acids is 1. The van der Waals surface area contributed by atoms with Gasteiger partial charge in [0.05, 0.1) is 29.8 Å². The Kier molecular flexibility index (Phi) is 5.68. The van der Waals surface area contributed by atoms with Gasteiger partial charge < -0.3 is 9.73 Å². The molecule has 0 saturated carbocycles. The van der Waals surface area contributed by atoms with Gasteiger partial charge in [0.25, 0.3) is 5.91 Å². The fourth-order valence-electron chi connectivity index (χ4n) is 2.76. The first-order chi connectivity index (χ1) is 14.2. The molecule has 0 aromatic carbocycles. The van der Waals surface area contributed by atoms with Gasteiger partial charge in [0.2, 0.25) is 0 Å². The summed E-state index contributed by atoms with van der Waals surface area (Å²) in [6.07, 6.45) is 6.92. The number of pyridine rings is 1. The molecule has 4 aromatic rings. The summed E-state index contributed by atoms with van der Waals surface area (Å²) in [7, 11) is 0. The van der Waals surface area contributed by atoms with Gasteiger partial charge in [0, 0.05) is 23.3 Å². The SMILES string of the molecule is CSc1nc(-c2ccco2)nc(C)c1C(=O)NCc1nc(-c2ccncc2)cs1. The third kappa shape index (κ3) is 4.20. The van der Waals surface area contributed by atoms with Gasteiger partial charge in [-0.25, -0.2) is 15.0 Å². The average Bonchev–Trinajstić information content (AvgIpc) is 3.44. The molecule has 4 heterocycles. The van der Waals surface area contributed by atoms with Crippen LogP contribution in [0.2, 0.25) is 0 Å². The number of hydrogen-bond acceptors (Lipinski definition) is 8. The lowest BCUT2D eigenvalue weighted by Crippen LogP contribution is -2.25. The summed E-state index contributed by atoms with van der Waals surface area (Å²) >= 11 is 2.90. The topological polar surface area (TPSA) is 93.8 Å². The molecule has 0 aliphatic heterocycles. The molecule has 0 saturated heterocycles. The third-order valence-electron chi connectivity index (χ3n) is 4.15. The maximum Gasteiger partial charge on any atom is 0.256 e. The van der Waals surface area contributed by atoms with Crippen LogP contribution in [0, 0.1) is 6.92 Å². The molecule has 0 bridgehead atoms. The molecule has 9 heteroatoms. The van der Waals surface area contributed by atoms with Crippen molar-refractivity contribution in [3.63, 3.8) is 0 Å². The Labute approximate surface area is 175 Å². The van der Waals surface area contributed by atoms with E-state index in [0.29, 0.717) is 34.4 Å². The molecule has 29 heavy (non-hydrogen) atoms. The van der Waals surface area contributed by atoms with Gasteiger partial charge in [-0.2, -0.15) is 0 Å². The highest BCUT2D eigenvalue weighted by molar-refractivity contribution is 7.98. The molecule has 1 amide bonds. The van der Waals surface area contributed by atoms with Gasteiger partial charge in [0.1, 0.15) is 10.0 Å². The summed E-state index contributed by atoms with van der Waals surface area (Å²) in [5.41, 5.74) is 2.94. The average molecular weight is 424 g/mol. The molecule has 0 aliphatic carbocycles. The summed E-state index contributed by atoms with van der Waals surface area (Å²) in [5.74, 6) is 0.815. The fourth-order valence-corrected chi connectivity index (χ4v) is 4.13. The van der Waals surface area contributed by atoms with E-state index < -0.39 is 0 Å². The van der Waals surface area contributed by atoms with Crippen LogP contribution in [0.15, 0.2) is 57.7 Å². The Balaban J connectivity index is 1.51. The first-order valence-electron chi connectivity index (χ1n) is 8.75. The second kappa shape index (κ2) is 8.54. The van der Waals surface area contributed by atoms with Gasteiger partial charge in [0.15, 0.2) is 11.6 Å². The highest BCUT2D eigenvalue weighted by atomic mass is 32.2. The van der Waals surface area contributed by atoms with Crippen LogP contribution in [-0.4, -0.2) is 32.1 Å². The lowest BCUT2D eigenvalue weighted by Gasteiger charge is -2.11. The Hall–Kier alpha value is -3.04. The van der Waals surface area contributed by atoms with E-state index in [1.807, 2.05) is 23.8 Å². The number of thioether (sulfide) groups is 1. The van der Waals surface area contributed by atoms with Crippen molar-refractivity contribution in [2.45, 2.75) is 18.5 Å². The van der Waals surface area contributed by atoms with Crippen molar-refractivity contribution in [3.8, 4) is 22.8 Å². The van der Waals surface area contributed by atoms with Crippen molar-refractivity contribution in [1.29, 1.82) is 0 Å². The van der Waals surface area contributed by atoms with Crippen LogP contribution < -0.4 is 5.32 Å². The molecule has 0 radical (unpaired) electrons. The van der Waals surface area contributed by atoms with Crippen molar-refractivity contribution in [1.82, 2.24) is 25.3 Å². The molecular formula is C20H17N5O2S2. The number of aromatic nitrogens is 4. The molecule has 0 fully saturated rings. The first kappa shape index (κ1) is 19.3. The van der Waals surface area contributed by atoms with Crippen LogP contribution in [0.4, 0.5) is 0 Å². The van der Waals surface area contributed by atoms with E-state index in [1.165, 1.54) is 23.1 Å². The van der Waals surface area contributed by atoms with Crippen LogP contribution in [0.1, 0.15) is 21.1 Å². The minimum atomic E-state index is -0.224. The van der Waals surface area contributed by atoms with Crippen molar-refractivity contribution in [2.24, 2.45) is 0 Å². The summed E-state index contributed by atoms with van der Waals surface area (Å²) < 4.78 is 5.37. The molecule has 4 rings (SSSR count). The van der Waals surface area contributed by atoms with E-state index in [-0.39, 0.29) is 5.91 Å². The molecular weight excluding hydrogens is 406 g/mol. The summed E-state index contributed by atoms with van der Waals surface area (Å²) in [4.78, 5) is 30.4. The smallest absolute Gasteiger partial charge is 0.256 e. The monoisotopic (exact) mass is 423 g/mol. The highest BCUT2D eigenvalue weighted by Gasteiger charge is 2.20. The lowest BCUT2D eigenvalue weighted by molar-refractivity contribution is 0.0946. The van der Waals surface area contributed by atoms with E-state index in [2.05, 4.69) is 25.3 Å². The van der Waals surface area contributed by atoms with E-state index in [0.717, 1.165) is 16.3 Å². The number of furan rings is 1. The quantitative estimate of drug-likeness (QED) is 0.367. The zero-order valence-electron chi connectivity index (χ0n) is 15.7. The van der Waals surface area contributed by atoms with E-state index in [1.54, 1.807) is 37.7 Å². The van der Waals surface area contributed by atoms with Crippen molar-refractivity contribution in [3.05, 3.63) is 64.6 Å². The fraction of sp³-hybridized carbons (Fsp3) is 0.150. The number of thiazole rings is 1. The molecule has 146 valence electrons. The van der Waals surface area contributed by atoms with Crippen LogP contribution in [0.5, 0.6) is 0 Å². The van der Waals surface area contributed by atoms with Crippen molar-refractivity contribution < 1.29 is 9.21 Å². The maximum atomic E-state index is 12.8. The second-order valence-corrected chi connectivity index (χ2v) is 7.78. The molecule has 0 spiro atoms. The summed E-state index contributed by atoms with van der Waals surface area (Å²) in [6.45, 7) is 2.13. The predicted molar refractivity (Wildman–Crippen MR) is 113 cm³/mol. The van der Waals surface area contributed by atoms with Gasteiger partial charge >= 0.3 is 0 Å². The normalized spacial score (nSPS) is 10.8. The lowest BCUT2D eigenvalue weighted by atomic mass is 10.2. The summed E-state index contributed by atoms with van der Waals surface area (Å²) in [6, 6.07) is 7.38. The number of aryl methyl sites for hydroxylation is 1. The van der Waals surface area contributed by atoms with E-state index in [9.17, 15) is 4.79 Å². The Morgan fingerprint density at radius 1 is 1.21 bits per heavy atom. The van der Waals surface area contributed by atoms with E-state index >= 15 is 0 Å². The second-order valence-electron chi connectivity index (χ2n) is 6.04. The van der Waals surface area contributed by atoms with Crippen LogP contribution >= 0.6 is 23.1 Å². The number of rotatable bonds is 6. The Morgan fingerprint density at radius 2 is 2.03 bits per heavy atom. The van der Waals surface area contributed by atoms with Gasteiger partial charge in [-0.3, -0.25) is 9.78 Å². The zero-order chi connectivity index (χ0) is 20.2. The molecule has 7 nitrogen and oxygen atoms in total. The molecule has 4 aromatic heterocycles. The molecule has 1 N–H and O–H groups in total. The van der Waals surface area contributed by atoms with Crippen molar-refractivity contribution >= 4 is 29.0 Å². The number of carbonyl (C=O) groups is 1. The standard InChI is InChI=1S/C20H17N5O2S2/c1-12-17(20(28-2)25-18(23-12)15-4-3-9-27-15)19(26)22-10-16-24-14(11-29-16)13-5-7-21-8-6-13/h3-9,11H,10H2,1-2H3,(H,22,26). The highest BCUT2D eigenvalue weighted by Crippen LogP contribution is 2.25. The maximum absolute atomic E-state index is 12.8. The first-order valence-corrected chi connectivity index (χ1v) is 10.9. The third-order valence-corrected chi connectivity index (χ3v) is 5.68. The number of nitrogens with zero attached hydrogens (tertiary/aromatic N) is 4. The minimum Gasteiger partial charge on any atom is -0.461 e. The number of nitrogens with one attached hydrogen (secondary N) is 1.